The molecule has 0 aromatic heterocycles. The van der Waals surface area contributed by atoms with E-state index in [4.69, 9.17) is 28.4 Å². The van der Waals surface area contributed by atoms with Crippen LogP contribution < -0.4 is 5.32 Å². The van der Waals surface area contributed by atoms with Crippen LogP contribution in [0.15, 0.2) is 23.9 Å². The number of phenolic OH excluding ortho intramolecular Hbond substituents is 2. The van der Waals surface area contributed by atoms with Crippen LogP contribution >= 0.6 is 0 Å². The number of Topliss-reactive ketones (excluding diaryl/α,β-unsaturated/α-hetero) is 3. The Morgan fingerprint density at radius 3 is 2.26 bits per heavy atom. The molecule has 58 heavy (non-hydrogen) atoms. The maximum atomic E-state index is 14.7. The van der Waals surface area contributed by atoms with Crippen LogP contribution in [0, 0.1) is 6.92 Å². The summed E-state index contributed by atoms with van der Waals surface area (Å²) in [7, 11) is 7.43. The number of benzene rings is 2. The predicted molar refractivity (Wildman–Crippen MR) is 200 cm³/mol. The van der Waals surface area contributed by atoms with E-state index in [0.29, 0.717) is 6.42 Å². The average Bonchev–Trinajstić information content (AvgIpc) is 3.17. The van der Waals surface area contributed by atoms with Crippen molar-refractivity contribution >= 4 is 29.1 Å². The summed E-state index contributed by atoms with van der Waals surface area (Å²) in [6, 6.07) is 2.61. The highest BCUT2D eigenvalue weighted by Gasteiger charge is 2.69. The molecule has 2 aromatic rings. The number of nitrogens with one attached hydrogen (secondary N) is 1. The standard InChI is InChI=1S/C41H48N2O15/c1-16-13-19-11-12-40(55-8)37(50)28-21(36(49)41(40,52)29(19)32(47)26(16)39(51)54-7)14-20-27(31(28)46)24(44)15-22(30(20)45)42-38-35(53-6)33(48)34(18(3)57-38)58-25-10-9-23(43(4)5)17(2)56-25/h13-15,17-18,23,25,33-35,38,42,46-48,52H,9-12H2,1-8H3. The van der Waals surface area contributed by atoms with Gasteiger partial charge in [0.2, 0.25) is 17.3 Å². The molecule has 7 rings (SSSR count). The quantitative estimate of drug-likeness (QED) is 0.238. The lowest BCUT2D eigenvalue weighted by molar-refractivity contribution is -0.296. The number of allylic oxidation sites excluding steroid dienone is 2. The summed E-state index contributed by atoms with van der Waals surface area (Å²) in [5.74, 6) is -6.89. The molecule has 2 heterocycles. The third-order valence-electron chi connectivity index (χ3n) is 12.4. The fourth-order valence-electron chi connectivity index (χ4n) is 9.51. The Kier molecular flexibility index (Phi) is 10.7. The molecule has 0 radical (unpaired) electrons. The lowest BCUT2D eigenvalue weighted by atomic mass is 9.57. The third-order valence-corrected chi connectivity index (χ3v) is 12.4. The van der Waals surface area contributed by atoms with Crippen LogP contribution in [0.25, 0.3) is 0 Å². The second-order valence-electron chi connectivity index (χ2n) is 15.7. The van der Waals surface area contributed by atoms with E-state index in [1.807, 2.05) is 21.0 Å². The van der Waals surface area contributed by atoms with Crippen molar-refractivity contribution in [3.05, 3.63) is 68.4 Å². The van der Waals surface area contributed by atoms with Crippen LogP contribution in [-0.4, -0.2) is 145 Å². The minimum absolute atomic E-state index is 0.00672. The number of aliphatic hydroxyl groups is 2. The van der Waals surface area contributed by atoms with Crippen molar-refractivity contribution in [3.63, 3.8) is 0 Å². The number of methoxy groups -OCH3 is 3. The normalized spacial score (nSPS) is 33.2. The van der Waals surface area contributed by atoms with E-state index in [0.717, 1.165) is 32.8 Å². The first-order valence-corrected chi connectivity index (χ1v) is 19.0. The monoisotopic (exact) mass is 808 g/mol. The Morgan fingerprint density at radius 1 is 0.931 bits per heavy atom. The van der Waals surface area contributed by atoms with Gasteiger partial charge in [-0.1, -0.05) is 6.07 Å². The van der Waals surface area contributed by atoms with Gasteiger partial charge in [0.05, 0.1) is 36.1 Å². The molecule has 17 nitrogen and oxygen atoms in total. The zero-order valence-electron chi connectivity index (χ0n) is 33.4. The highest BCUT2D eigenvalue weighted by molar-refractivity contribution is 6.30. The van der Waals surface area contributed by atoms with Crippen LogP contribution in [0.5, 0.6) is 11.5 Å². The zero-order chi connectivity index (χ0) is 42.3. The Labute approximate surface area is 333 Å². The lowest BCUT2D eigenvalue weighted by Gasteiger charge is -2.50. The molecule has 0 spiro atoms. The van der Waals surface area contributed by atoms with Crippen molar-refractivity contribution in [2.75, 3.05) is 35.4 Å². The zero-order valence-corrected chi connectivity index (χ0v) is 33.4. The molecule has 2 aliphatic heterocycles. The highest BCUT2D eigenvalue weighted by atomic mass is 16.7. The van der Waals surface area contributed by atoms with Gasteiger partial charge in [-0.3, -0.25) is 19.2 Å². The Bertz CT molecular complexity index is 2150. The molecule has 0 amide bonds. The van der Waals surface area contributed by atoms with E-state index in [-0.39, 0.29) is 47.4 Å². The second kappa shape index (κ2) is 14.9. The van der Waals surface area contributed by atoms with Gasteiger partial charge in [-0.05, 0) is 77.7 Å². The summed E-state index contributed by atoms with van der Waals surface area (Å²) in [6.07, 6.45) is -4.11. The molecule has 17 heteroatoms. The molecule has 2 aromatic carbocycles. The maximum Gasteiger partial charge on any atom is 0.341 e. The van der Waals surface area contributed by atoms with Crippen molar-refractivity contribution < 1.29 is 72.8 Å². The number of fused-ring (bicyclic) bond motifs is 5. The van der Waals surface area contributed by atoms with Gasteiger partial charge in [-0.2, -0.15) is 0 Å². The number of rotatable bonds is 8. The van der Waals surface area contributed by atoms with Crippen LogP contribution in [-0.2, 0) is 40.4 Å². The van der Waals surface area contributed by atoms with Crippen LogP contribution in [0.1, 0.15) is 102 Å². The summed E-state index contributed by atoms with van der Waals surface area (Å²) in [5.41, 5.74) is -8.38. The van der Waals surface area contributed by atoms with Crippen molar-refractivity contribution in [1.82, 2.24) is 10.2 Å². The topological polar surface area (TPSA) is 237 Å². The number of nitrogens with zero attached hydrogens (tertiary/aromatic N) is 1. The molecule has 10 atom stereocenters. The molecule has 0 bridgehead atoms. The first-order chi connectivity index (χ1) is 27.4. The number of aryl methyl sites for hydroxylation is 2. The number of ketones is 4. The molecule has 5 N–H and O–H groups in total. The summed E-state index contributed by atoms with van der Waals surface area (Å²) in [5, 5.41) is 50.0. The molecule has 2 fully saturated rings. The number of ether oxygens (including phenoxy) is 6. The molecular formula is C41H48N2O15. The summed E-state index contributed by atoms with van der Waals surface area (Å²) in [4.78, 5) is 72.0. The summed E-state index contributed by atoms with van der Waals surface area (Å²) >= 11 is 0. The average molecular weight is 809 g/mol. The Morgan fingerprint density at radius 2 is 1.64 bits per heavy atom. The number of aliphatic hydroxyl groups excluding tert-OH is 1. The van der Waals surface area contributed by atoms with Crippen molar-refractivity contribution in [1.29, 1.82) is 0 Å². The third kappa shape index (κ3) is 5.93. The number of phenols is 2. The van der Waals surface area contributed by atoms with Gasteiger partial charge in [0, 0.05) is 43.0 Å². The maximum absolute atomic E-state index is 14.7. The molecule has 0 saturated carbocycles. The number of esters is 1. The van der Waals surface area contributed by atoms with Gasteiger partial charge < -0.3 is 59.1 Å². The molecule has 10 unspecified atom stereocenters. The highest BCUT2D eigenvalue weighted by Crippen LogP contribution is 2.56. The Hall–Kier alpha value is -4.59. The first kappa shape index (κ1) is 41.6. The van der Waals surface area contributed by atoms with E-state index in [2.05, 4.69) is 10.2 Å². The van der Waals surface area contributed by atoms with E-state index in [9.17, 15) is 44.4 Å². The minimum Gasteiger partial charge on any atom is -0.507 e. The summed E-state index contributed by atoms with van der Waals surface area (Å²) in [6.45, 7) is 5.14. The lowest BCUT2D eigenvalue weighted by Crippen LogP contribution is -2.67. The minimum atomic E-state index is -2.97. The number of carbonyl (C=O) groups is 5. The number of hydrogen-bond donors (Lipinski definition) is 5. The van der Waals surface area contributed by atoms with E-state index >= 15 is 0 Å². The van der Waals surface area contributed by atoms with E-state index in [1.54, 1.807) is 6.92 Å². The van der Waals surface area contributed by atoms with Gasteiger partial charge in [0.25, 0.3) is 0 Å². The smallest absolute Gasteiger partial charge is 0.341 e. The van der Waals surface area contributed by atoms with Crippen LogP contribution in [0.3, 0.4) is 0 Å². The fraction of sp³-hybridized carbons (Fsp3) is 0.537. The van der Waals surface area contributed by atoms with E-state index in [1.165, 1.54) is 20.1 Å². The summed E-state index contributed by atoms with van der Waals surface area (Å²) < 4.78 is 34.5. The van der Waals surface area contributed by atoms with Gasteiger partial charge in [-0.25, -0.2) is 4.79 Å². The number of aromatic hydroxyl groups is 2. The van der Waals surface area contributed by atoms with Gasteiger partial charge in [-0.15, -0.1) is 0 Å². The van der Waals surface area contributed by atoms with Crippen molar-refractivity contribution in [2.45, 2.75) is 107 Å². The second-order valence-corrected chi connectivity index (χ2v) is 15.7. The van der Waals surface area contributed by atoms with Crippen LogP contribution in [0.4, 0.5) is 0 Å². The SMILES string of the molecule is COC(=O)c1c(C)cc2c(c1O)C1(O)C(=O)c3cc4c(c(O)c3C(=O)C1(OC)CC2)C(=O)C=C(NC1OC(C)C(OC2CCC(N(C)C)C(C)O2)C(O)C1OC)C4=O. The van der Waals surface area contributed by atoms with Crippen molar-refractivity contribution in [2.24, 2.45) is 0 Å². The fourth-order valence-corrected chi connectivity index (χ4v) is 9.51. The molecular weight excluding hydrogens is 760 g/mol. The molecule has 5 aliphatic rings. The largest absolute Gasteiger partial charge is 0.507 e. The Balaban J connectivity index is 1.21. The van der Waals surface area contributed by atoms with E-state index < -0.39 is 117 Å². The predicted octanol–water partition coefficient (Wildman–Crippen LogP) is 1.60. The number of carbonyl (C=O) groups excluding carboxylic acids is 5. The van der Waals surface area contributed by atoms with Crippen molar-refractivity contribution in [3.8, 4) is 11.5 Å². The number of likely N-dealkylation sites (N-methyl/N-ethyl adjacent to an activating group) is 1. The molecule has 2 saturated heterocycles. The van der Waals surface area contributed by atoms with Gasteiger partial charge >= 0.3 is 5.97 Å². The number of hydrogen-bond acceptors (Lipinski definition) is 17. The molecule has 3 aliphatic carbocycles. The van der Waals surface area contributed by atoms with Gasteiger partial charge in [0.1, 0.15) is 35.4 Å². The van der Waals surface area contributed by atoms with Gasteiger partial charge in [0.15, 0.2) is 29.5 Å². The van der Waals surface area contributed by atoms with Crippen LogP contribution in [0.2, 0.25) is 0 Å². The molecule has 312 valence electrons. The first-order valence-electron chi connectivity index (χ1n) is 19.0.